The first-order valence-electron chi connectivity index (χ1n) is 8.05. The first kappa shape index (κ1) is 15.1. The molecule has 0 saturated heterocycles. The number of rotatable bonds is 3. The normalized spacial score (nSPS) is 11.6. The number of para-hydroxylation sites is 3. The molecule has 25 heavy (non-hydrogen) atoms. The molecule has 122 valence electrons. The average molecular weight is 327 g/mol. The highest BCUT2D eigenvalue weighted by Crippen LogP contribution is 2.19. The second-order valence-corrected chi connectivity index (χ2v) is 5.57. The van der Waals surface area contributed by atoms with Crippen LogP contribution in [0.5, 0.6) is 0 Å². The Labute approximate surface area is 145 Å². The molecule has 4 aromatic rings. The summed E-state index contributed by atoms with van der Waals surface area (Å²) in [6, 6.07) is 23.7. The van der Waals surface area contributed by atoms with Crippen LogP contribution in [-0.4, -0.2) is 27.8 Å². The van der Waals surface area contributed by atoms with Crippen LogP contribution in [0.15, 0.2) is 77.8 Å². The van der Waals surface area contributed by atoms with Gasteiger partial charge in [0.1, 0.15) is 11.4 Å². The highest BCUT2D eigenvalue weighted by molar-refractivity contribution is 6.07. The van der Waals surface area contributed by atoms with Gasteiger partial charge < -0.3 is 10.3 Å². The van der Waals surface area contributed by atoms with Crippen molar-refractivity contribution in [3.63, 3.8) is 0 Å². The van der Waals surface area contributed by atoms with Crippen molar-refractivity contribution < 1.29 is 0 Å². The van der Waals surface area contributed by atoms with E-state index < -0.39 is 0 Å². The molecule has 0 aliphatic rings. The standard InChI is InChI=1S/C20H17N5/c1-21-19(22-14-8-3-2-4-9-14)17-12-7-13-18(23-17)20-24-15-10-5-6-11-16(15)25-20/h2-13H,1H3,(H,21,22)(H,24,25). The number of aliphatic imine (C=N–C) groups is 1. The Morgan fingerprint density at radius 3 is 2.48 bits per heavy atom. The summed E-state index contributed by atoms with van der Waals surface area (Å²) in [7, 11) is 1.75. The van der Waals surface area contributed by atoms with E-state index in [-0.39, 0.29) is 0 Å². The van der Waals surface area contributed by atoms with Gasteiger partial charge in [0.25, 0.3) is 0 Å². The molecule has 0 saturated carbocycles. The Bertz CT molecular complexity index is 1000. The number of nitrogens with one attached hydrogen (secondary N) is 2. The van der Waals surface area contributed by atoms with Gasteiger partial charge in [-0.15, -0.1) is 0 Å². The van der Waals surface area contributed by atoms with Crippen LogP contribution in [-0.2, 0) is 0 Å². The van der Waals surface area contributed by atoms with E-state index in [1.54, 1.807) is 7.05 Å². The second-order valence-electron chi connectivity index (χ2n) is 5.57. The lowest BCUT2D eigenvalue weighted by atomic mass is 10.2. The van der Waals surface area contributed by atoms with Crippen LogP contribution in [0.2, 0.25) is 0 Å². The second kappa shape index (κ2) is 6.57. The van der Waals surface area contributed by atoms with Crippen LogP contribution in [0.4, 0.5) is 5.69 Å². The zero-order valence-corrected chi connectivity index (χ0v) is 13.8. The van der Waals surface area contributed by atoms with Gasteiger partial charge in [-0.3, -0.25) is 4.99 Å². The minimum absolute atomic E-state index is 0.712. The Balaban J connectivity index is 1.68. The number of H-pyrrole nitrogens is 1. The summed E-state index contributed by atoms with van der Waals surface area (Å²) in [6.07, 6.45) is 0. The summed E-state index contributed by atoms with van der Waals surface area (Å²) in [4.78, 5) is 17.0. The Kier molecular flexibility index (Phi) is 3.96. The van der Waals surface area contributed by atoms with Crippen molar-refractivity contribution in [2.45, 2.75) is 0 Å². The number of pyridine rings is 1. The Morgan fingerprint density at radius 2 is 1.68 bits per heavy atom. The van der Waals surface area contributed by atoms with E-state index in [2.05, 4.69) is 20.3 Å². The quantitative estimate of drug-likeness (QED) is 0.439. The molecule has 0 bridgehead atoms. The summed E-state index contributed by atoms with van der Waals surface area (Å²) in [6.45, 7) is 0. The molecule has 0 aliphatic heterocycles. The zero-order chi connectivity index (χ0) is 17.1. The van der Waals surface area contributed by atoms with Gasteiger partial charge in [-0.2, -0.15) is 0 Å². The molecule has 4 rings (SSSR count). The lowest BCUT2D eigenvalue weighted by Crippen LogP contribution is -2.15. The maximum absolute atomic E-state index is 4.72. The number of hydrogen-bond acceptors (Lipinski definition) is 3. The maximum Gasteiger partial charge on any atom is 0.157 e. The minimum Gasteiger partial charge on any atom is -0.339 e. The van der Waals surface area contributed by atoms with Gasteiger partial charge in [-0.25, -0.2) is 9.97 Å². The number of benzene rings is 2. The van der Waals surface area contributed by atoms with Crippen molar-refractivity contribution in [2.24, 2.45) is 4.99 Å². The third kappa shape index (κ3) is 3.12. The topological polar surface area (TPSA) is 66.0 Å². The van der Waals surface area contributed by atoms with E-state index in [4.69, 9.17) is 4.98 Å². The molecule has 0 atom stereocenters. The van der Waals surface area contributed by atoms with Crippen LogP contribution in [0, 0.1) is 0 Å². The number of imidazole rings is 1. The summed E-state index contributed by atoms with van der Waals surface area (Å²) >= 11 is 0. The summed E-state index contributed by atoms with van der Waals surface area (Å²) in [5.74, 6) is 1.46. The van der Waals surface area contributed by atoms with Gasteiger partial charge in [0, 0.05) is 12.7 Å². The summed E-state index contributed by atoms with van der Waals surface area (Å²) in [5.41, 5.74) is 4.45. The van der Waals surface area contributed by atoms with Crippen molar-refractivity contribution in [3.05, 3.63) is 78.5 Å². The molecule has 5 nitrogen and oxygen atoms in total. The number of aromatic amines is 1. The summed E-state index contributed by atoms with van der Waals surface area (Å²) in [5, 5.41) is 3.31. The lowest BCUT2D eigenvalue weighted by Gasteiger charge is -2.09. The van der Waals surface area contributed by atoms with Crippen LogP contribution >= 0.6 is 0 Å². The number of anilines is 1. The molecule has 0 spiro atoms. The fourth-order valence-electron chi connectivity index (χ4n) is 2.67. The molecule has 2 aromatic carbocycles. The first-order valence-corrected chi connectivity index (χ1v) is 8.05. The van der Waals surface area contributed by atoms with E-state index in [0.29, 0.717) is 5.84 Å². The van der Waals surface area contributed by atoms with Gasteiger partial charge in [-0.05, 0) is 36.4 Å². The van der Waals surface area contributed by atoms with Gasteiger partial charge in [0.15, 0.2) is 11.7 Å². The first-order chi connectivity index (χ1) is 12.3. The van der Waals surface area contributed by atoms with E-state index in [9.17, 15) is 0 Å². The molecule has 2 heterocycles. The molecule has 0 aliphatic carbocycles. The van der Waals surface area contributed by atoms with E-state index >= 15 is 0 Å². The molecule has 2 aromatic heterocycles. The van der Waals surface area contributed by atoms with Gasteiger partial charge in [0.2, 0.25) is 0 Å². The predicted octanol–water partition coefficient (Wildman–Crippen LogP) is 4.11. The third-order valence-electron chi connectivity index (χ3n) is 3.88. The maximum atomic E-state index is 4.72. The molecule has 5 heteroatoms. The van der Waals surface area contributed by atoms with Crippen LogP contribution < -0.4 is 5.32 Å². The zero-order valence-electron chi connectivity index (χ0n) is 13.8. The van der Waals surface area contributed by atoms with Gasteiger partial charge >= 0.3 is 0 Å². The molecule has 0 radical (unpaired) electrons. The molecule has 0 amide bonds. The van der Waals surface area contributed by atoms with Gasteiger partial charge in [-0.1, -0.05) is 36.4 Å². The predicted molar refractivity (Wildman–Crippen MR) is 102 cm³/mol. The van der Waals surface area contributed by atoms with E-state index in [1.807, 2.05) is 72.8 Å². The SMILES string of the molecule is C/N=C(\Nc1ccccc1)c1cccc(-c2nc3ccccc3[nH]2)n1. The van der Waals surface area contributed by atoms with Crippen molar-refractivity contribution >= 4 is 22.6 Å². The third-order valence-corrected chi connectivity index (χ3v) is 3.88. The average Bonchev–Trinajstić information content (AvgIpc) is 3.11. The summed E-state index contributed by atoms with van der Waals surface area (Å²) < 4.78 is 0. The van der Waals surface area contributed by atoms with Crippen molar-refractivity contribution in [1.29, 1.82) is 0 Å². The smallest absolute Gasteiger partial charge is 0.157 e. The number of nitrogens with zero attached hydrogens (tertiary/aromatic N) is 3. The van der Waals surface area contributed by atoms with Crippen LogP contribution in [0.3, 0.4) is 0 Å². The number of fused-ring (bicyclic) bond motifs is 1. The molecular weight excluding hydrogens is 310 g/mol. The van der Waals surface area contributed by atoms with E-state index in [0.717, 1.165) is 33.9 Å². The highest BCUT2D eigenvalue weighted by atomic mass is 15.0. The number of amidine groups is 1. The Hall–Kier alpha value is -3.47. The van der Waals surface area contributed by atoms with Crippen LogP contribution in [0.1, 0.15) is 5.69 Å². The van der Waals surface area contributed by atoms with Gasteiger partial charge in [0.05, 0.1) is 11.0 Å². The van der Waals surface area contributed by atoms with E-state index in [1.165, 1.54) is 0 Å². The highest BCUT2D eigenvalue weighted by Gasteiger charge is 2.10. The largest absolute Gasteiger partial charge is 0.339 e. The molecule has 0 unspecified atom stereocenters. The number of aromatic nitrogens is 3. The monoisotopic (exact) mass is 327 g/mol. The van der Waals surface area contributed by atoms with Crippen molar-refractivity contribution in [2.75, 3.05) is 12.4 Å². The minimum atomic E-state index is 0.712. The molecule has 0 fully saturated rings. The lowest BCUT2D eigenvalue weighted by molar-refractivity contribution is 1.21. The number of hydrogen-bond donors (Lipinski definition) is 2. The van der Waals surface area contributed by atoms with Crippen molar-refractivity contribution in [1.82, 2.24) is 15.0 Å². The van der Waals surface area contributed by atoms with Crippen LogP contribution in [0.25, 0.3) is 22.6 Å². The fraction of sp³-hybridized carbons (Fsp3) is 0.0500. The fourth-order valence-corrected chi connectivity index (χ4v) is 2.67. The Morgan fingerprint density at radius 1 is 0.880 bits per heavy atom. The molecular formula is C20H17N5. The molecule has 2 N–H and O–H groups in total. The van der Waals surface area contributed by atoms with Crippen molar-refractivity contribution in [3.8, 4) is 11.5 Å².